The Hall–Kier alpha value is -2.12. The van der Waals surface area contributed by atoms with Gasteiger partial charge in [-0.05, 0) is 12.8 Å². The molecular weight excluding hydrogens is 250 g/mol. The molecule has 0 bridgehead atoms. The molecule has 3 unspecified atom stereocenters. The lowest BCUT2D eigenvalue weighted by Crippen LogP contribution is -2.49. The van der Waals surface area contributed by atoms with E-state index in [1.807, 2.05) is 6.92 Å². The van der Waals surface area contributed by atoms with Crippen LogP contribution >= 0.6 is 0 Å². The quantitative estimate of drug-likeness (QED) is 0.604. The molecule has 19 heavy (non-hydrogen) atoms. The summed E-state index contributed by atoms with van der Waals surface area (Å²) in [6.07, 6.45) is 2.00. The number of carboxylic acids is 1. The fourth-order valence-electron chi connectivity index (χ4n) is 1.55. The van der Waals surface area contributed by atoms with Gasteiger partial charge in [-0.25, -0.2) is 14.6 Å². The highest BCUT2D eigenvalue weighted by Gasteiger charge is 2.25. The van der Waals surface area contributed by atoms with Crippen molar-refractivity contribution in [2.75, 3.05) is 0 Å². The van der Waals surface area contributed by atoms with Crippen molar-refractivity contribution in [2.24, 2.45) is 5.92 Å². The van der Waals surface area contributed by atoms with Crippen LogP contribution < -0.4 is 10.6 Å². The molecule has 0 aromatic carbocycles. The summed E-state index contributed by atoms with van der Waals surface area (Å²) in [5, 5.41) is 20.4. The SMILES string of the molecule is CCC(C)C(NC(=O)NC(C)c1ncn[nH]1)C(=O)O. The first kappa shape index (κ1) is 14.9. The van der Waals surface area contributed by atoms with E-state index in [1.165, 1.54) is 6.33 Å². The fourth-order valence-corrected chi connectivity index (χ4v) is 1.55. The summed E-state index contributed by atoms with van der Waals surface area (Å²) in [4.78, 5) is 26.7. The van der Waals surface area contributed by atoms with Gasteiger partial charge < -0.3 is 15.7 Å². The van der Waals surface area contributed by atoms with Gasteiger partial charge in [0.2, 0.25) is 0 Å². The van der Waals surface area contributed by atoms with Crippen molar-refractivity contribution in [3.63, 3.8) is 0 Å². The molecule has 8 heteroatoms. The third-order valence-electron chi connectivity index (χ3n) is 2.96. The fraction of sp³-hybridized carbons (Fsp3) is 0.636. The molecule has 1 heterocycles. The van der Waals surface area contributed by atoms with Gasteiger partial charge in [-0.3, -0.25) is 5.10 Å². The van der Waals surface area contributed by atoms with E-state index in [9.17, 15) is 9.59 Å². The summed E-state index contributed by atoms with van der Waals surface area (Å²) >= 11 is 0. The van der Waals surface area contributed by atoms with Crippen molar-refractivity contribution in [2.45, 2.75) is 39.3 Å². The van der Waals surface area contributed by atoms with Crippen LogP contribution in [0.25, 0.3) is 0 Å². The van der Waals surface area contributed by atoms with E-state index in [-0.39, 0.29) is 12.0 Å². The Balaban J connectivity index is 2.56. The molecule has 0 saturated carbocycles. The zero-order chi connectivity index (χ0) is 14.4. The number of nitrogens with one attached hydrogen (secondary N) is 3. The van der Waals surface area contributed by atoms with Gasteiger partial charge in [-0.2, -0.15) is 5.10 Å². The minimum Gasteiger partial charge on any atom is -0.480 e. The third-order valence-corrected chi connectivity index (χ3v) is 2.96. The van der Waals surface area contributed by atoms with Gasteiger partial charge in [0.15, 0.2) is 0 Å². The van der Waals surface area contributed by atoms with Gasteiger partial charge in [0.25, 0.3) is 0 Å². The van der Waals surface area contributed by atoms with Crippen molar-refractivity contribution in [3.8, 4) is 0 Å². The smallest absolute Gasteiger partial charge is 0.326 e. The Labute approximate surface area is 111 Å². The number of H-pyrrole nitrogens is 1. The molecule has 0 fully saturated rings. The number of carbonyl (C=O) groups excluding carboxylic acids is 1. The summed E-state index contributed by atoms with van der Waals surface area (Å²) in [6.45, 7) is 5.37. The molecule has 1 rings (SSSR count). The molecule has 1 aromatic rings. The van der Waals surface area contributed by atoms with Gasteiger partial charge in [0.05, 0.1) is 6.04 Å². The Morgan fingerprint density at radius 2 is 2.11 bits per heavy atom. The van der Waals surface area contributed by atoms with Crippen LogP contribution in [0.15, 0.2) is 6.33 Å². The normalized spacial score (nSPS) is 15.3. The number of urea groups is 1. The molecule has 0 spiro atoms. The molecule has 1 aromatic heterocycles. The average molecular weight is 269 g/mol. The number of aromatic nitrogens is 3. The minimum atomic E-state index is -1.04. The Bertz CT molecular complexity index is 420. The standard InChI is InChI=1S/C11H19N5O3/c1-4-6(2)8(10(17)18)15-11(19)14-7(3)9-12-5-13-16-9/h5-8H,4H2,1-3H3,(H,17,18)(H,12,13,16)(H2,14,15,19). The summed E-state index contributed by atoms with van der Waals surface area (Å²) in [5.74, 6) is -0.689. The maximum atomic E-state index is 11.7. The second-order valence-electron chi connectivity index (χ2n) is 4.41. The lowest BCUT2D eigenvalue weighted by molar-refractivity contribution is -0.140. The van der Waals surface area contributed by atoms with Crippen molar-refractivity contribution < 1.29 is 14.7 Å². The number of hydrogen-bond donors (Lipinski definition) is 4. The van der Waals surface area contributed by atoms with Crippen molar-refractivity contribution in [3.05, 3.63) is 12.2 Å². The van der Waals surface area contributed by atoms with Crippen LogP contribution in [0, 0.1) is 5.92 Å². The first-order valence-corrected chi connectivity index (χ1v) is 6.10. The molecule has 106 valence electrons. The molecule has 4 N–H and O–H groups in total. The van der Waals surface area contributed by atoms with Crippen LogP contribution in [-0.2, 0) is 4.79 Å². The highest BCUT2D eigenvalue weighted by atomic mass is 16.4. The summed E-state index contributed by atoms with van der Waals surface area (Å²) in [6, 6.07) is -1.84. The Morgan fingerprint density at radius 1 is 1.42 bits per heavy atom. The largest absolute Gasteiger partial charge is 0.480 e. The molecule has 8 nitrogen and oxygen atoms in total. The van der Waals surface area contributed by atoms with Crippen molar-refractivity contribution in [1.29, 1.82) is 0 Å². The van der Waals surface area contributed by atoms with Gasteiger partial charge >= 0.3 is 12.0 Å². The number of aromatic amines is 1. The summed E-state index contributed by atoms with van der Waals surface area (Å²) < 4.78 is 0. The second-order valence-corrected chi connectivity index (χ2v) is 4.41. The highest BCUT2D eigenvalue weighted by molar-refractivity contribution is 5.82. The van der Waals surface area contributed by atoms with E-state index in [2.05, 4.69) is 25.8 Å². The number of carboxylic acid groups (broad SMARTS) is 1. The number of nitrogens with zero attached hydrogens (tertiary/aromatic N) is 2. The molecule has 0 aliphatic rings. The molecular formula is C11H19N5O3. The van der Waals surface area contributed by atoms with Gasteiger partial charge in [-0.15, -0.1) is 0 Å². The zero-order valence-corrected chi connectivity index (χ0v) is 11.2. The highest BCUT2D eigenvalue weighted by Crippen LogP contribution is 2.08. The van der Waals surface area contributed by atoms with Crippen LogP contribution in [0.4, 0.5) is 4.79 Å². The molecule has 0 saturated heterocycles. The predicted octanol–water partition coefficient (Wildman–Crippen LogP) is 0.664. The van der Waals surface area contributed by atoms with E-state index in [0.717, 1.165) is 0 Å². The van der Waals surface area contributed by atoms with E-state index >= 15 is 0 Å². The van der Waals surface area contributed by atoms with Crippen LogP contribution in [0.2, 0.25) is 0 Å². The molecule has 0 aliphatic heterocycles. The van der Waals surface area contributed by atoms with E-state index < -0.39 is 18.0 Å². The van der Waals surface area contributed by atoms with E-state index in [4.69, 9.17) is 5.11 Å². The monoisotopic (exact) mass is 269 g/mol. The summed E-state index contributed by atoms with van der Waals surface area (Å²) in [5.41, 5.74) is 0. The first-order chi connectivity index (χ1) is 8.95. The maximum Gasteiger partial charge on any atom is 0.326 e. The van der Waals surface area contributed by atoms with E-state index in [1.54, 1.807) is 13.8 Å². The topological polar surface area (TPSA) is 120 Å². The second kappa shape index (κ2) is 6.72. The van der Waals surface area contributed by atoms with Crippen LogP contribution in [0.5, 0.6) is 0 Å². The first-order valence-electron chi connectivity index (χ1n) is 6.10. The Kier molecular flexibility index (Phi) is 5.28. The third kappa shape index (κ3) is 4.23. The number of rotatable bonds is 6. The van der Waals surface area contributed by atoms with Crippen molar-refractivity contribution >= 4 is 12.0 Å². The maximum absolute atomic E-state index is 11.7. The molecule has 3 atom stereocenters. The number of amides is 2. The van der Waals surface area contributed by atoms with Gasteiger partial charge in [0.1, 0.15) is 18.2 Å². The number of carbonyl (C=O) groups is 2. The van der Waals surface area contributed by atoms with Gasteiger partial charge in [-0.1, -0.05) is 20.3 Å². The van der Waals surface area contributed by atoms with Crippen molar-refractivity contribution in [1.82, 2.24) is 25.8 Å². The molecule has 0 radical (unpaired) electrons. The lowest BCUT2D eigenvalue weighted by Gasteiger charge is -2.21. The lowest BCUT2D eigenvalue weighted by atomic mass is 9.99. The number of hydrogen-bond acceptors (Lipinski definition) is 4. The zero-order valence-electron chi connectivity index (χ0n) is 11.2. The Morgan fingerprint density at radius 3 is 2.58 bits per heavy atom. The van der Waals surface area contributed by atoms with Crippen LogP contribution in [0.1, 0.15) is 39.1 Å². The molecule has 2 amide bonds. The summed E-state index contributed by atoms with van der Waals surface area (Å²) in [7, 11) is 0. The average Bonchev–Trinajstić information content (AvgIpc) is 2.88. The van der Waals surface area contributed by atoms with E-state index in [0.29, 0.717) is 12.2 Å². The predicted molar refractivity (Wildman–Crippen MR) is 67.3 cm³/mol. The number of aliphatic carboxylic acids is 1. The minimum absolute atomic E-state index is 0.149. The van der Waals surface area contributed by atoms with Crippen LogP contribution in [-0.4, -0.2) is 38.3 Å². The van der Waals surface area contributed by atoms with Gasteiger partial charge in [0, 0.05) is 0 Å². The van der Waals surface area contributed by atoms with Crippen LogP contribution in [0.3, 0.4) is 0 Å². The molecule has 0 aliphatic carbocycles.